The van der Waals surface area contributed by atoms with Crippen LogP contribution in [0.4, 0.5) is 0 Å². The minimum Gasteiger partial charge on any atom is -0.464 e. The fourth-order valence-corrected chi connectivity index (χ4v) is 9.00. The number of aromatic nitrogens is 2. The van der Waals surface area contributed by atoms with Crippen molar-refractivity contribution < 1.29 is 4.42 Å². The molecule has 1 aliphatic carbocycles. The van der Waals surface area contributed by atoms with Gasteiger partial charge in [0.1, 0.15) is 5.58 Å². The average Bonchev–Trinajstić information content (AvgIpc) is 3.74. The van der Waals surface area contributed by atoms with E-state index in [1.807, 2.05) is 36.0 Å². The van der Waals surface area contributed by atoms with E-state index in [9.17, 15) is 0 Å². The summed E-state index contributed by atoms with van der Waals surface area (Å²) in [5.74, 6) is 0.715. The molecule has 0 radical (unpaired) electrons. The van der Waals surface area contributed by atoms with E-state index >= 15 is 0 Å². The predicted molar refractivity (Wildman–Crippen MR) is 190 cm³/mol. The molecule has 10 rings (SSSR count). The van der Waals surface area contributed by atoms with Crippen molar-refractivity contribution in [2.24, 2.45) is 0 Å². The quantitative estimate of drug-likeness (QED) is 0.197. The Kier molecular flexibility index (Phi) is 5.72. The summed E-state index contributed by atoms with van der Waals surface area (Å²) in [6.45, 7) is 0. The first kappa shape index (κ1) is 26.5. The van der Waals surface area contributed by atoms with Gasteiger partial charge in [-0.25, -0.2) is 9.97 Å². The van der Waals surface area contributed by atoms with Gasteiger partial charge >= 0.3 is 0 Å². The molecule has 1 aliphatic heterocycles. The minimum absolute atomic E-state index is 0.516. The molecule has 0 amide bonds. The first-order valence-corrected chi connectivity index (χ1v) is 16.6. The normalized spacial score (nSPS) is 15.7. The molecule has 3 nitrogen and oxygen atoms in total. The molecule has 0 N–H and O–H groups in total. The van der Waals surface area contributed by atoms with Crippen LogP contribution in [0.3, 0.4) is 0 Å². The van der Waals surface area contributed by atoms with Crippen molar-refractivity contribution >= 4 is 22.7 Å². The third kappa shape index (κ3) is 3.76. The molecule has 2 aliphatic rings. The zero-order chi connectivity index (χ0) is 31.0. The van der Waals surface area contributed by atoms with Gasteiger partial charge in [0.25, 0.3) is 0 Å². The number of furan rings is 1. The Balaban J connectivity index is 1.29. The number of benzene rings is 6. The Labute approximate surface area is 276 Å². The van der Waals surface area contributed by atoms with Crippen molar-refractivity contribution in [1.82, 2.24) is 9.97 Å². The van der Waals surface area contributed by atoms with Crippen molar-refractivity contribution in [3.05, 3.63) is 180 Å². The van der Waals surface area contributed by atoms with Crippen molar-refractivity contribution in [3.8, 4) is 45.0 Å². The van der Waals surface area contributed by atoms with Crippen LogP contribution in [0.5, 0.6) is 0 Å². The van der Waals surface area contributed by atoms with Crippen LogP contribution in [0.15, 0.2) is 172 Å². The lowest BCUT2D eigenvalue weighted by Crippen LogP contribution is -2.32. The first-order chi connectivity index (χ1) is 23.3. The van der Waals surface area contributed by atoms with E-state index in [1.165, 1.54) is 43.2 Å². The highest BCUT2D eigenvalue weighted by molar-refractivity contribution is 7.99. The molecule has 0 saturated carbocycles. The van der Waals surface area contributed by atoms with Gasteiger partial charge in [-0.05, 0) is 46.0 Å². The minimum atomic E-state index is -0.516. The molecular weight excluding hydrogens is 593 g/mol. The Morgan fingerprint density at radius 3 is 2.04 bits per heavy atom. The standard InChI is InChI=1S/C43H26N2OS/c1-3-12-27(13-4-1)36-26-37(45-42(44-36)29-14-5-2-6-15-29)31-17-11-20-35-41(31)47-38-21-10-9-19-33(38)43(35)32-18-8-7-16-30(32)39-34(43)23-22-28-24-25-46-40(28)39/h1-26H. The predicted octanol–water partition coefficient (Wildman–Crippen LogP) is 11.1. The molecule has 1 atom stereocenters. The summed E-state index contributed by atoms with van der Waals surface area (Å²) in [5, 5.41) is 1.12. The molecule has 47 heavy (non-hydrogen) atoms. The summed E-state index contributed by atoms with van der Waals surface area (Å²) >= 11 is 1.84. The number of rotatable bonds is 3. The van der Waals surface area contributed by atoms with E-state index in [4.69, 9.17) is 14.4 Å². The highest BCUT2D eigenvalue weighted by Gasteiger charge is 2.51. The molecule has 0 bridgehead atoms. The smallest absolute Gasteiger partial charge is 0.160 e. The lowest BCUT2D eigenvalue weighted by molar-refractivity contribution is 0.616. The largest absolute Gasteiger partial charge is 0.464 e. The van der Waals surface area contributed by atoms with Crippen molar-refractivity contribution in [1.29, 1.82) is 0 Å². The van der Waals surface area contributed by atoms with Crippen molar-refractivity contribution in [3.63, 3.8) is 0 Å². The molecule has 0 saturated heterocycles. The fraction of sp³-hybridized carbons (Fsp3) is 0.0233. The van der Waals surface area contributed by atoms with Crippen LogP contribution in [-0.4, -0.2) is 9.97 Å². The van der Waals surface area contributed by atoms with Crippen LogP contribution in [0, 0.1) is 0 Å². The summed E-state index contributed by atoms with van der Waals surface area (Å²) in [6.07, 6.45) is 1.80. The van der Waals surface area contributed by atoms with E-state index < -0.39 is 5.41 Å². The van der Waals surface area contributed by atoms with Crippen LogP contribution in [-0.2, 0) is 5.41 Å². The second kappa shape index (κ2) is 10.1. The topological polar surface area (TPSA) is 38.9 Å². The molecule has 2 aromatic heterocycles. The molecule has 6 aromatic carbocycles. The SMILES string of the molecule is c1ccc(-c2cc(-c3cccc4c3Sc3ccccc3C43c4ccccc4-c4c3ccc3ccoc43)nc(-c3ccccc3)n2)cc1. The van der Waals surface area contributed by atoms with E-state index in [0.717, 1.165) is 39.0 Å². The first-order valence-electron chi connectivity index (χ1n) is 15.8. The number of fused-ring (bicyclic) bond motifs is 11. The molecule has 8 aromatic rings. The van der Waals surface area contributed by atoms with Gasteiger partial charge in [0.15, 0.2) is 5.82 Å². The molecule has 4 heteroatoms. The zero-order valence-electron chi connectivity index (χ0n) is 25.2. The monoisotopic (exact) mass is 618 g/mol. The average molecular weight is 619 g/mol. The molecule has 1 unspecified atom stereocenters. The second-order valence-electron chi connectivity index (χ2n) is 12.1. The highest BCUT2D eigenvalue weighted by Crippen LogP contribution is 2.64. The summed E-state index contributed by atoms with van der Waals surface area (Å²) in [5.41, 5.74) is 12.9. The number of nitrogens with zero attached hydrogens (tertiary/aromatic N) is 2. The number of hydrogen-bond donors (Lipinski definition) is 0. The Hall–Kier alpha value is -5.71. The second-order valence-corrected chi connectivity index (χ2v) is 13.1. The van der Waals surface area contributed by atoms with Gasteiger partial charge in [-0.15, -0.1) is 0 Å². The molecule has 3 heterocycles. The summed E-state index contributed by atoms with van der Waals surface area (Å²) in [4.78, 5) is 12.8. The lowest BCUT2D eigenvalue weighted by Gasteiger charge is -2.40. The van der Waals surface area contributed by atoms with E-state index in [-0.39, 0.29) is 0 Å². The van der Waals surface area contributed by atoms with Crippen molar-refractivity contribution in [2.45, 2.75) is 15.2 Å². The Bertz CT molecular complexity index is 2440. The van der Waals surface area contributed by atoms with Crippen LogP contribution >= 0.6 is 11.8 Å². The summed E-state index contributed by atoms with van der Waals surface area (Å²) in [6, 6.07) is 53.9. The van der Waals surface area contributed by atoms with Gasteiger partial charge in [-0.2, -0.15) is 0 Å². The van der Waals surface area contributed by atoms with E-state index in [2.05, 4.69) is 127 Å². The zero-order valence-corrected chi connectivity index (χ0v) is 26.0. The molecular formula is C43H26N2OS. The Morgan fingerprint density at radius 1 is 0.511 bits per heavy atom. The summed E-state index contributed by atoms with van der Waals surface area (Å²) < 4.78 is 6.21. The van der Waals surface area contributed by atoms with Gasteiger partial charge in [0.2, 0.25) is 0 Å². The maximum absolute atomic E-state index is 6.21. The van der Waals surface area contributed by atoms with Gasteiger partial charge in [-0.3, -0.25) is 0 Å². The van der Waals surface area contributed by atoms with Crippen LogP contribution in [0.2, 0.25) is 0 Å². The van der Waals surface area contributed by atoms with E-state index in [0.29, 0.717) is 5.82 Å². The van der Waals surface area contributed by atoms with Crippen LogP contribution in [0.25, 0.3) is 56.0 Å². The third-order valence-electron chi connectivity index (χ3n) is 9.65. The van der Waals surface area contributed by atoms with Gasteiger partial charge in [0.05, 0.1) is 23.1 Å². The third-order valence-corrected chi connectivity index (χ3v) is 10.9. The van der Waals surface area contributed by atoms with Gasteiger partial charge < -0.3 is 4.42 Å². The van der Waals surface area contributed by atoms with Gasteiger partial charge in [-0.1, -0.05) is 145 Å². The molecule has 220 valence electrons. The lowest BCUT2D eigenvalue weighted by atomic mass is 9.67. The molecule has 1 spiro atoms. The van der Waals surface area contributed by atoms with Crippen LogP contribution in [0.1, 0.15) is 22.3 Å². The summed E-state index contributed by atoms with van der Waals surface area (Å²) in [7, 11) is 0. The fourth-order valence-electron chi connectivity index (χ4n) is 7.69. The van der Waals surface area contributed by atoms with Crippen molar-refractivity contribution in [2.75, 3.05) is 0 Å². The highest BCUT2D eigenvalue weighted by atomic mass is 32.2. The van der Waals surface area contributed by atoms with Gasteiger partial charge in [0, 0.05) is 37.4 Å². The molecule has 0 fully saturated rings. The maximum atomic E-state index is 6.21. The van der Waals surface area contributed by atoms with Crippen LogP contribution < -0.4 is 0 Å². The Morgan fingerprint density at radius 2 is 1.19 bits per heavy atom. The van der Waals surface area contributed by atoms with E-state index in [1.54, 1.807) is 6.26 Å². The maximum Gasteiger partial charge on any atom is 0.160 e. The number of hydrogen-bond acceptors (Lipinski definition) is 4.